The molecule has 2 aromatic rings. The van der Waals surface area contributed by atoms with Gasteiger partial charge in [-0.1, -0.05) is 24.3 Å². The first-order valence-electron chi connectivity index (χ1n) is 6.05. The van der Waals surface area contributed by atoms with Gasteiger partial charge in [-0.2, -0.15) is 0 Å². The van der Waals surface area contributed by atoms with Crippen molar-refractivity contribution in [1.29, 1.82) is 0 Å². The fourth-order valence-corrected chi connectivity index (χ4v) is 2.23. The molecule has 1 aliphatic rings. The number of fused-ring (bicyclic) bond motifs is 1. The molecule has 0 spiro atoms. The fraction of sp³-hybridized carbons (Fsp3) is 0.133. The zero-order valence-electron chi connectivity index (χ0n) is 10.2. The second-order valence-electron chi connectivity index (χ2n) is 4.43. The molecule has 0 radical (unpaired) electrons. The van der Waals surface area contributed by atoms with E-state index in [0.29, 0.717) is 6.61 Å². The van der Waals surface area contributed by atoms with Crippen LogP contribution in [0.4, 0.5) is 5.69 Å². The van der Waals surface area contributed by atoms with Crippen molar-refractivity contribution in [3.63, 3.8) is 0 Å². The summed E-state index contributed by atoms with van der Waals surface area (Å²) >= 11 is 0. The minimum Gasteiger partial charge on any atom is -0.491 e. The highest BCUT2D eigenvalue weighted by Gasteiger charge is 2.23. The smallest absolute Gasteiger partial charge is 0.335 e. The Balaban J connectivity index is 1.83. The van der Waals surface area contributed by atoms with E-state index in [9.17, 15) is 4.79 Å². The van der Waals surface area contributed by atoms with Gasteiger partial charge >= 0.3 is 5.97 Å². The van der Waals surface area contributed by atoms with Crippen molar-refractivity contribution in [3.05, 3.63) is 59.7 Å². The van der Waals surface area contributed by atoms with Crippen LogP contribution < -0.4 is 10.1 Å². The Hall–Kier alpha value is -2.49. The molecule has 3 rings (SSSR count). The molecule has 4 heteroatoms. The monoisotopic (exact) mass is 255 g/mol. The molecule has 4 nitrogen and oxygen atoms in total. The molecule has 2 N–H and O–H groups in total. The Morgan fingerprint density at radius 3 is 2.89 bits per heavy atom. The van der Waals surface area contributed by atoms with Crippen molar-refractivity contribution >= 4 is 11.7 Å². The van der Waals surface area contributed by atoms with Gasteiger partial charge in [0.15, 0.2) is 0 Å². The Bertz CT molecular complexity index is 624. The van der Waals surface area contributed by atoms with E-state index in [4.69, 9.17) is 9.84 Å². The molecule has 1 unspecified atom stereocenters. The third-order valence-electron chi connectivity index (χ3n) is 3.15. The van der Waals surface area contributed by atoms with Crippen LogP contribution in [0.1, 0.15) is 22.0 Å². The molecule has 19 heavy (non-hydrogen) atoms. The standard InChI is InChI=1S/C15H13NO3/c17-15(18)10-4-3-5-11(8-10)16-13-9-19-14-7-2-1-6-12(13)14/h1-8,13,16H,9H2,(H,17,18). The average molecular weight is 255 g/mol. The lowest BCUT2D eigenvalue weighted by Gasteiger charge is -2.13. The Kier molecular flexibility index (Phi) is 2.83. The molecule has 0 fully saturated rings. The quantitative estimate of drug-likeness (QED) is 0.885. The van der Waals surface area contributed by atoms with Gasteiger partial charge in [0.2, 0.25) is 0 Å². The van der Waals surface area contributed by atoms with Gasteiger partial charge in [-0.15, -0.1) is 0 Å². The van der Waals surface area contributed by atoms with E-state index in [0.717, 1.165) is 17.0 Å². The van der Waals surface area contributed by atoms with Gasteiger partial charge in [-0.25, -0.2) is 4.79 Å². The summed E-state index contributed by atoms with van der Waals surface area (Å²) in [5, 5.41) is 12.3. The number of benzene rings is 2. The van der Waals surface area contributed by atoms with Gasteiger partial charge < -0.3 is 15.2 Å². The maximum absolute atomic E-state index is 10.9. The first-order chi connectivity index (χ1) is 9.24. The fourth-order valence-electron chi connectivity index (χ4n) is 2.23. The second kappa shape index (κ2) is 4.65. The number of hydrogen-bond acceptors (Lipinski definition) is 3. The zero-order chi connectivity index (χ0) is 13.2. The third-order valence-corrected chi connectivity index (χ3v) is 3.15. The van der Waals surface area contributed by atoms with Crippen LogP contribution in [0.25, 0.3) is 0 Å². The number of para-hydroxylation sites is 1. The van der Waals surface area contributed by atoms with Crippen LogP contribution in [-0.4, -0.2) is 17.7 Å². The van der Waals surface area contributed by atoms with Crippen LogP contribution in [0.3, 0.4) is 0 Å². The van der Waals surface area contributed by atoms with Gasteiger partial charge in [-0.3, -0.25) is 0 Å². The molecule has 0 amide bonds. The normalized spacial score (nSPS) is 16.5. The number of carbonyl (C=O) groups is 1. The molecule has 1 aliphatic heterocycles. The van der Waals surface area contributed by atoms with Crippen LogP contribution in [0.15, 0.2) is 48.5 Å². The summed E-state index contributed by atoms with van der Waals surface area (Å²) in [6, 6.07) is 14.7. The molecule has 0 saturated heterocycles. The number of anilines is 1. The van der Waals surface area contributed by atoms with E-state index in [-0.39, 0.29) is 11.6 Å². The van der Waals surface area contributed by atoms with Gasteiger partial charge in [0.25, 0.3) is 0 Å². The summed E-state index contributed by atoms with van der Waals surface area (Å²) in [6.45, 7) is 0.552. The minimum atomic E-state index is -0.924. The highest BCUT2D eigenvalue weighted by Crippen LogP contribution is 2.34. The Morgan fingerprint density at radius 2 is 2.05 bits per heavy atom. The van der Waals surface area contributed by atoms with E-state index in [1.807, 2.05) is 30.3 Å². The Morgan fingerprint density at radius 1 is 1.21 bits per heavy atom. The lowest BCUT2D eigenvalue weighted by molar-refractivity contribution is 0.0697. The van der Waals surface area contributed by atoms with Crippen LogP contribution in [-0.2, 0) is 0 Å². The molecule has 0 aliphatic carbocycles. The van der Waals surface area contributed by atoms with Crippen LogP contribution in [0.2, 0.25) is 0 Å². The maximum Gasteiger partial charge on any atom is 0.335 e. The second-order valence-corrected chi connectivity index (χ2v) is 4.43. The van der Waals surface area contributed by atoms with E-state index < -0.39 is 5.97 Å². The van der Waals surface area contributed by atoms with Crippen molar-refractivity contribution < 1.29 is 14.6 Å². The molecule has 1 atom stereocenters. The molecule has 1 heterocycles. The third kappa shape index (κ3) is 2.25. The van der Waals surface area contributed by atoms with Crippen molar-refractivity contribution in [2.45, 2.75) is 6.04 Å². The van der Waals surface area contributed by atoms with Crippen LogP contribution in [0.5, 0.6) is 5.75 Å². The predicted molar refractivity (Wildman–Crippen MR) is 71.7 cm³/mol. The van der Waals surface area contributed by atoms with Crippen molar-refractivity contribution in [2.24, 2.45) is 0 Å². The van der Waals surface area contributed by atoms with Gasteiger partial charge in [0, 0.05) is 11.3 Å². The van der Waals surface area contributed by atoms with Gasteiger partial charge in [-0.05, 0) is 24.3 Å². The number of hydrogen-bond donors (Lipinski definition) is 2. The number of rotatable bonds is 3. The number of aromatic carboxylic acids is 1. The van der Waals surface area contributed by atoms with Crippen LogP contribution in [0, 0.1) is 0 Å². The lowest BCUT2D eigenvalue weighted by atomic mass is 10.1. The molecule has 96 valence electrons. The summed E-state index contributed by atoms with van der Waals surface area (Å²) in [6.07, 6.45) is 0. The summed E-state index contributed by atoms with van der Waals surface area (Å²) in [5.74, 6) is -0.0406. The van der Waals surface area contributed by atoms with E-state index in [1.54, 1.807) is 18.2 Å². The highest BCUT2D eigenvalue weighted by atomic mass is 16.5. The lowest BCUT2D eigenvalue weighted by Crippen LogP contribution is -2.12. The largest absolute Gasteiger partial charge is 0.491 e. The van der Waals surface area contributed by atoms with E-state index in [2.05, 4.69) is 5.32 Å². The van der Waals surface area contributed by atoms with E-state index >= 15 is 0 Å². The number of ether oxygens (including phenoxy) is 1. The molecule has 0 saturated carbocycles. The predicted octanol–water partition coefficient (Wildman–Crippen LogP) is 2.93. The summed E-state index contributed by atoms with van der Waals surface area (Å²) in [7, 11) is 0. The summed E-state index contributed by atoms with van der Waals surface area (Å²) in [4.78, 5) is 10.9. The van der Waals surface area contributed by atoms with E-state index in [1.165, 1.54) is 0 Å². The highest BCUT2D eigenvalue weighted by molar-refractivity contribution is 5.88. The van der Waals surface area contributed by atoms with Crippen molar-refractivity contribution in [3.8, 4) is 5.75 Å². The first kappa shape index (κ1) is 11.6. The number of carboxylic acid groups (broad SMARTS) is 1. The summed E-state index contributed by atoms with van der Waals surface area (Å²) < 4.78 is 5.58. The number of nitrogens with one attached hydrogen (secondary N) is 1. The van der Waals surface area contributed by atoms with Gasteiger partial charge in [0.1, 0.15) is 12.4 Å². The topological polar surface area (TPSA) is 58.6 Å². The zero-order valence-corrected chi connectivity index (χ0v) is 10.2. The minimum absolute atomic E-state index is 0.0558. The molecule has 0 bridgehead atoms. The molecule has 2 aromatic carbocycles. The molecule has 0 aromatic heterocycles. The number of carboxylic acids is 1. The summed E-state index contributed by atoms with van der Waals surface area (Å²) in [5.41, 5.74) is 2.16. The molecular formula is C15H13NO3. The van der Waals surface area contributed by atoms with Crippen molar-refractivity contribution in [1.82, 2.24) is 0 Å². The Labute approximate surface area is 110 Å². The maximum atomic E-state index is 10.9. The average Bonchev–Trinajstić information content (AvgIpc) is 2.83. The SMILES string of the molecule is O=C(O)c1cccc(NC2COc3ccccc32)c1. The van der Waals surface area contributed by atoms with Crippen molar-refractivity contribution in [2.75, 3.05) is 11.9 Å². The van der Waals surface area contributed by atoms with Gasteiger partial charge in [0.05, 0.1) is 11.6 Å². The van der Waals surface area contributed by atoms with Crippen LogP contribution >= 0.6 is 0 Å². The molecular weight excluding hydrogens is 242 g/mol. The first-order valence-corrected chi connectivity index (χ1v) is 6.05.